The molecule has 1 aliphatic heterocycles. The molecule has 1 aromatic carbocycles. The summed E-state index contributed by atoms with van der Waals surface area (Å²) in [5.41, 5.74) is 1.02. The van der Waals surface area contributed by atoms with Gasteiger partial charge in [-0.05, 0) is 58.2 Å². The predicted octanol–water partition coefficient (Wildman–Crippen LogP) is 3.88. The van der Waals surface area contributed by atoms with Crippen molar-refractivity contribution >= 4 is 0 Å². The SMILES string of the molecule is CC(NC1CCN(C(C)(C)C)CC1)c1ccc(F)c(F)c1. The van der Waals surface area contributed by atoms with E-state index in [1.807, 2.05) is 6.92 Å². The fraction of sp³-hybridized carbons (Fsp3) is 0.647. The molecule has 1 atom stereocenters. The van der Waals surface area contributed by atoms with Crippen molar-refractivity contribution in [3.05, 3.63) is 35.4 Å². The van der Waals surface area contributed by atoms with Gasteiger partial charge in [0, 0.05) is 30.7 Å². The van der Waals surface area contributed by atoms with Crippen LogP contribution in [-0.4, -0.2) is 29.6 Å². The van der Waals surface area contributed by atoms with Gasteiger partial charge in [0.05, 0.1) is 0 Å². The molecule has 0 spiro atoms. The Morgan fingerprint density at radius 2 is 1.76 bits per heavy atom. The second-order valence-electron chi connectivity index (χ2n) is 6.99. The maximum atomic E-state index is 13.3. The Balaban J connectivity index is 1.89. The minimum Gasteiger partial charge on any atom is -0.307 e. The van der Waals surface area contributed by atoms with E-state index in [0.29, 0.717) is 6.04 Å². The van der Waals surface area contributed by atoms with Crippen molar-refractivity contribution in [3.8, 4) is 0 Å². The molecule has 0 bridgehead atoms. The lowest BCUT2D eigenvalue weighted by Gasteiger charge is -2.41. The topological polar surface area (TPSA) is 15.3 Å². The van der Waals surface area contributed by atoms with Crippen LogP contribution in [0.3, 0.4) is 0 Å². The van der Waals surface area contributed by atoms with Crippen molar-refractivity contribution in [1.82, 2.24) is 10.2 Å². The number of nitrogens with zero attached hydrogens (tertiary/aromatic N) is 1. The molecule has 0 radical (unpaired) electrons. The van der Waals surface area contributed by atoms with Gasteiger partial charge in [-0.15, -0.1) is 0 Å². The normalized spacial score (nSPS) is 19.7. The summed E-state index contributed by atoms with van der Waals surface area (Å²) in [6.45, 7) is 10.9. The smallest absolute Gasteiger partial charge is 0.159 e. The van der Waals surface area contributed by atoms with Gasteiger partial charge in [-0.1, -0.05) is 6.07 Å². The molecule has 2 nitrogen and oxygen atoms in total. The molecule has 0 aliphatic carbocycles. The first-order chi connectivity index (χ1) is 9.77. The maximum absolute atomic E-state index is 13.3. The van der Waals surface area contributed by atoms with Gasteiger partial charge in [0.2, 0.25) is 0 Å². The molecule has 1 aliphatic rings. The number of nitrogens with one attached hydrogen (secondary N) is 1. The summed E-state index contributed by atoms with van der Waals surface area (Å²) in [7, 11) is 0. The highest BCUT2D eigenvalue weighted by molar-refractivity contribution is 5.20. The van der Waals surface area contributed by atoms with E-state index in [4.69, 9.17) is 0 Å². The van der Waals surface area contributed by atoms with Gasteiger partial charge in [0.1, 0.15) is 0 Å². The van der Waals surface area contributed by atoms with Crippen LogP contribution < -0.4 is 5.32 Å². The summed E-state index contributed by atoms with van der Waals surface area (Å²) in [6.07, 6.45) is 2.18. The molecule has 21 heavy (non-hydrogen) atoms. The highest BCUT2D eigenvalue weighted by Gasteiger charge is 2.27. The van der Waals surface area contributed by atoms with Crippen LogP contribution in [0.1, 0.15) is 52.1 Å². The molecule has 4 heteroatoms. The fourth-order valence-corrected chi connectivity index (χ4v) is 2.95. The average Bonchev–Trinajstić information content (AvgIpc) is 2.41. The van der Waals surface area contributed by atoms with Crippen LogP contribution in [0, 0.1) is 11.6 Å². The van der Waals surface area contributed by atoms with Crippen molar-refractivity contribution < 1.29 is 8.78 Å². The Morgan fingerprint density at radius 3 is 2.29 bits per heavy atom. The Morgan fingerprint density at radius 1 is 1.14 bits per heavy atom. The lowest BCUT2D eigenvalue weighted by atomic mass is 9.97. The van der Waals surface area contributed by atoms with E-state index in [1.165, 1.54) is 12.1 Å². The van der Waals surface area contributed by atoms with E-state index >= 15 is 0 Å². The van der Waals surface area contributed by atoms with Gasteiger partial charge in [0.25, 0.3) is 0 Å². The van der Waals surface area contributed by atoms with Crippen molar-refractivity contribution in [2.45, 2.75) is 58.2 Å². The number of rotatable bonds is 3. The maximum Gasteiger partial charge on any atom is 0.159 e. The van der Waals surface area contributed by atoms with Gasteiger partial charge < -0.3 is 5.32 Å². The summed E-state index contributed by atoms with van der Waals surface area (Å²) < 4.78 is 26.3. The van der Waals surface area contributed by atoms with E-state index in [0.717, 1.165) is 31.5 Å². The van der Waals surface area contributed by atoms with Gasteiger partial charge >= 0.3 is 0 Å². The molecule has 1 N–H and O–H groups in total. The first-order valence-corrected chi connectivity index (χ1v) is 7.73. The molecule has 1 saturated heterocycles. The van der Waals surface area contributed by atoms with E-state index in [-0.39, 0.29) is 11.6 Å². The van der Waals surface area contributed by atoms with Gasteiger partial charge in [-0.2, -0.15) is 0 Å². The molecule has 0 amide bonds. The average molecular weight is 296 g/mol. The molecule has 0 aromatic heterocycles. The summed E-state index contributed by atoms with van der Waals surface area (Å²) in [5, 5.41) is 3.54. The summed E-state index contributed by atoms with van der Waals surface area (Å²) in [6, 6.07) is 4.61. The van der Waals surface area contributed by atoms with E-state index in [1.54, 1.807) is 6.07 Å². The van der Waals surface area contributed by atoms with Crippen molar-refractivity contribution in [2.24, 2.45) is 0 Å². The Kier molecular flexibility index (Phi) is 4.99. The van der Waals surface area contributed by atoms with Crippen LogP contribution in [0.25, 0.3) is 0 Å². The molecule has 118 valence electrons. The van der Waals surface area contributed by atoms with Crippen LogP contribution in [0.2, 0.25) is 0 Å². The lowest BCUT2D eigenvalue weighted by Crippen LogP contribution is -2.50. The highest BCUT2D eigenvalue weighted by Crippen LogP contribution is 2.23. The number of likely N-dealkylation sites (tertiary alicyclic amines) is 1. The monoisotopic (exact) mass is 296 g/mol. The fourth-order valence-electron chi connectivity index (χ4n) is 2.95. The van der Waals surface area contributed by atoms with E-state index < -0.39 is 11.6 Å². The number of halogens is 2. The molecule has 2 rings (SSSR count). The third-order valence-electron chi connectivity index (χ3n) is 4.37. The third-order valence-corrected chi connectivity index (χ3v) is 4.37. The zero-order valence-electron chi connectivity index (χ0n) is 13.4. The number of hydrogen-bond donors (Lipinski definition) is 1. The molecule has 1 unspecified atom stereocenters. The number of piperidine rings is 1. The Labute approximate surface area is 126 Å². The summed E-state index contributed by atoms with van der Waals surface area (Å²) >= 11 is 0. The quantitative estimate of drug-likeness (QED) is 0.910. The van der Waals surface area contributed by atoms with Crippen LogP contribution in [-0.2, 0) is 0 Å². The van der Waals surface area contributed by atoms with Gasteiger partial charge in [0.15, 0.2) is 11.6 Å². The van der Waals surface area contributed by atoms with Crippen molar-refractivity contribution in [3.63, 3.8) is 0 Å². The summed E-state index contributed by atoms with van der Waals surface area (Å²) in [5.74, 6) is -1.56. The third kappa shape index (κ3) is 4.24. The van der Waals surface area contributed by atoms with Gasteiger partial charge in [-0.3, -0.25) is 4.90 Å². The number of benzene rings is 1. The largest absolute Gasteiger partial charge is 0.307 e. The van der Waals surface area contributed by atoms with E-state index in [9.17, 15) is 8.78 Å². The molecule has 0 saturated carbocycles. The second-order valence-corrected chi connectivity index (χ2v) is 6.99. The molecule has 1 fully saturated rings. The molecular formula is C17H26F2N2. The van der Waals surface area contributed by atoms with Crippen molar-refractivity contribution in [1.29, 1.82) is 0 Å². The molecular weight excluding hydrogens is 270 g/mol. The molecule has 1 aromatic rings. The predicted molar refractivity (Wildman–Crippen MR) is 82.3 cm³/mol. The first-order valence-electron chi connectivity index (χ1n) is 7.73. The minimum absolute atomic E-state index is 0.0336. The van der Waals surface area contributed by atoms with Crippen LogP contribution in [0.15, 0.2) is 18.2 Å². The minimum atomic E-state index is -0.788. The highest BCUT2D eigenvalue weighted by atomic mass is 19.2. The van der Waals surface area contributed by atoms with Gasteiger partial charge in [-0.25, -0.2) is 8.78 Å². The molecule has 1 heterocycles. The van der Waals surface area contributed by atoms with Crippen LogP contribution in [0.4, 0.5) is 8.78 Å². The van der Waals surface area contributed by atoms with Crippen molar-refractivity contribution in [2.75, 3.05) is 13.1 Å². The standard InChI is InChI=1S/C17H26F2N2/c1-12(13-5-6-15(18)16(19)11-13)20-14-7-9-21(10-8-14)17(2,3)4/h5-6,11-12,14,20H,7-10H2,1-4H3. The second kappa shape index (κ2) is 6.41. The first kappa shape index (κ1) is 16.4. The lowest BCUT2D eigenvalue weighted by molar-refractivity contribution is 0.0942. The number of hydrogen-bond acceptors (Lipinski definition) is 2. The van der Waals surface area contributed by atoms with Crippen LogP contribution >= 0.6 is 0 Å². The van der Waals surface area contributed by atoms with Crippen LogP contribution in [0.5, 0.6) is 0 Å². The Hall–Kier alpha value is -1.00. The zero-order chi connectivity index (χ0) is 15.6. The summed E-state index contributed by atoms with van der Waals surface area (Å²) in [4.78, 5) is 2.49. The van der Waals surface area contributed by atoms with E-state index in [2.05, 4.69) is 31.0 Å². The Bertz CT molecular complexity index is 474. The zero-order valence-corrected chi connectivity index (χ0v) is 13.4.